The van der Waals surface area contributed by atoms with Gasteiger partial charge in [0, 0.05) is 17.5 Å². The molecule has 2 rings (SSSR count). The number of esters is 1. The number of ether oxygens (including phenoxy) is 3. The Kier molecular flexibility index (Phi) is 6.78. The molecule has 8 nitrogen and oxygen atoms in total. The number of H-pyrrole nitrogens is 1. The highest BCUT2D eigenvalue weighted by Gasteiger charge is 2.35. The van der Waals surface area contributed by atoms with Crippen molar-refractivity contribution in [1.29, 1.82) is 5.26 Å². The van der Waals surface area contributed by atoms with Crippen LogP contribution in [0.2, 0.25) is 0 Å². The molecule has 0 radical (unpaired) electrons. The number of aromatic amines is 1. The maximum atomic E-state index is 13.1. The first-order chi connectivity index (χ1) is 13.8. The Morgan fingerprint density at radius 1 is 1.07 bits per heavy atom. The van der Waals surface area contributed by atoms with E-state index in [9.17, 15) is 19.6 Å². The number of nitrogens with one attached hydrogen (secondary N) is 1. The van der Waals surface area contributed by atoms with Crippen LogP contribution >= 0.6 is 0 Å². The molecule has 0 aliphatic heterocycles. The van der Waals surface area contributed by atoms with E-state index in [1.54, 1.807) is 26.8 Å². The Balaban J connectivity index is 2.51. The minimum atomic E-state index is -1.65. The fourth-order valence-corrected chi connectivity index (χ4v) is 3.09. The molecule has 152 valence electrons. The second-order valence-corrected chi connectivity index (χ2v) is 6.20. The van der Waals surface area contributed by atoms with Gasteiger partial charge >= 0.3 is 5.97 Å². The van der Waals surface area contributed by atoms with Crippen molar-refractivity contribution in [3.63, 3.8) is 0 Å². The van der Waals surface area contributed by atoms with E-state index in [-0.39, 0.29) is 29.0 Å². The first-order valence-corrected chi connectivity index (χ1v) is 8.86. The highest BCUT2D eigenvalue weighted by Crippen LogP contribution is 2.29. The molecule has 29 heavy (non-hydrogen) atoms. The molecule has 1 aromatic carbocycles. The van der Waals surface area contributed by atoms with Gasteiger partial charge in [0.15, 0.2) is 17.5 Å². The van der Waals surface area contributed by atoms with Gasteiger partial charge in [-0.1, -0.05) is 0 Å². The number of ketones is 2. The molecule has 0 amide bonds. The van der Waals surface area contributed by atoms with Gasteiger partial charge < -0.3 is 19.2 Å². The molecule has 0 saturated heterocycles. The van der Waals surface area contributed by atoms with Gasteiger partial charge in [0.1, 0.15) is 11.5 Å². The van der Waals surface area contributed by atoms with Gasteiger partial charge in [-0.05, 0) is 32.9 Å². The number of methoxy groups -OCH3 is 2. The van der Waals surface area contributed by atoms with Crippen LogP contribution in [0, 0.1) is 31.1 Å². The summed E-state index contributed by atoms with van der Waals surface area (Å²) in [5.74, 6) is -3.22. The smallest absolute Gasteiger partial charge is 0.340 e. The molecule has 0 bridgehead atoms. The minimum absolute atomic E-state index is 0.0201. The van der Waals surface area contributed by atoms with Crippen LogP contribution in [-0.2, 0) is 4.74 Å². The summed E-state index contributed by atoms with van der Waals surface area (Å²) < 4.78 is 15.3. The molecule has 8 heteroatoms. The number of carbonyl (C=O) groups excluding carboxylic acids is 3. The van der Waals surface area contributed by atoms with E-state index in [0.717, 1.165) is 0 Å². The number of Topliss-reactive ketones (excluding diaryl/α,β-unsaturated/α-hetero) is 2. The number of hydrogen-bond donors (Lipinski definition) is 1. The highest BCUT2D eigenvalue weighted by atomic mass is 16.5. The lowest BCUT2D eigenvalue weighted by Crippen LogP contribution is -2.25. The molecule has 0 fully saturated rings. The molecule has 0 saturated carbocycles. The summed E-state index contributed by atoms with van der Waals surface area (Å²) in [6.07, 6.45) is 0. The molecule has 2 aromatic rings. The fraction of sp³-hybridized carbons (Fsp3) is 0.333. The van der Waals surface area contributed by atoms with Crippen LogP contribution in [0.1, 0.15) is 49.4 Å². The monoisotopic (exact) mass is 398 g/mol. The first-order valence-electron chi connectivity index (χ1n) is 8.86. The summed E-state index contributed by atoms with van der Waals surface area (Å²) in [4.78, 5) is 41.4. The van der Waals surface area contributed by atoms with Crippen LogP contribution in [0.15, 0.2) is 18.2 Å². The van der Waals surface area contributed by atoms with Crippen molar-refractivity contribution >= 4 is 17.5 Å². The van der Waals surface area contributed by atoms with Crippen molar-refractivity contribution in [1.82, 2.24) is 4.98 Å². The summed E-state index contributed by atoms with van der Waals surface area (Å²) in [6.45, 7) is 4.98. The number of nitriles is 1. The number of aryl methyl sites for hydroxylation is 2. The van der Waals surface area contributed by atoms with E-state index < -0.39 is 23.5 Å². The van der Waals surface area contributed by atoms with Crippen LogP contribution in [0.25, 0.3) is 0 Å². The SMILES string of the molecule is CCOC(=O)c1c(C)[nH]c(C)c1C(=O)[C@H](C#N)C(=O)c1ccc(OC)cc1OC. The lowest BCUT2D eigenvalue weighted by Gasteiger charge is -2.13. The molecule has 1 atom stereocenters. The van der Waals surface area contributed by atoms with Crippen LogP contribution in [0.3, 0.4) is 0 Å². The summed E-state index contributed by atoms with van der Waals surface area (Å²) in [5.41, 5.74) is 0.883. The van der Waals surface area contributed by atoms with Gasteiger partial charge in [0.25, 0.3) is 0 Å². The predicted molar refractivity (Wildman–Crippen MR) is 104 cm³/mol. The third kappa shape index (κ3) is 4.14. The van der Waals surface area contributed by atoms with Crippen molar-refractivity contribution in [3.8, 4) is 17.6 Å². The number of nitrogens with zero attached hydrogens (tertiary/aromatic N) is 1. The van der Waals surface area contributed by atoms with Gasteiger partial charge in [-0.2, -0.15) is 5.26 Å². The number of rotatable bonds is 8. The molecule has 0 spiro atoms. The zero-order valence-corrected chi connectivity index (χ0v) is 16.9. The van der Waals surface area contributed by atoms with Crippen molar-refractivity contribution in [2.24, 2.45) is 5.92 Å². The minimum Gasteiger partial charge on any atom is -0.497 e. The Morgan fingerprint density at radius 3 is 2.28 bits per heavy atom. The Hall–Kier alpha value is -3.60. The van der Waals surface area contributed by atoms with Crippen LogP contribution in [-0.4, -0.2) is 43.3 Å². The average molecular weight is 398 g/mol. The second-order valence-electron chi connectivity index (χ2n) is 6.20. The Labute approximate surface area is 168 Å². The molecule has 1 N–H and O–H groups in total. The third-order valence-electron chi connectivity index (χ3n) is 4.43. The average Bonchev–Trinajstić information content (AvgIpc) is 3.01. The van der Waals surface area contributed by atoms with Gasteiger partial charge in [0.05, 0.1) is 43.6 Å². The lowest BCUT2D eigenvalue weighted by molar-refractivity contribution is 0.0521. The molecule has 0 unspecified atom stereocenters. The molecule has 1 heterocycles. The summed E-state index contributed by atoms with van der Waals surface area (Å²) in [5, 5.41) is 9.60. The first kappa shape index (κ1) is 21.7. The summed E-state index contributed by atoms with van der Waals surface area (Å²) in [7, 11) is 2.83. The van der Waals surface area contributed by atoms with Gasteiger partial charge in [-0.25, -0.2) is 4.79 Å². The van der Waals surface area contributed by atoms with Crippen LogP contribution in [0.4, 0.5) is 0 Å². The Morgan fingerprint density at radius 2 is 1.72 bits per heavy atom. The predicted octanol–water partition coefficient (Wildman–Crippen LogP) is 3.03. The standard InChI is InChI=1S/C21H22N2O6/c1-6-29-21(26)18-12(3)23-11(2)17(18)20(25)15(10-22)19(24)14-8-7-13(27-4)9-16(14)28-5/h7-9,15,23H,6H2,1-5H3/t15-/m1/s1. The van der Waals surface area contributed by atoms with E-state index in [1.807, 2.05) is 0 Å². The quantitative estimate of drug-likeness (QED) is 0.412. The topological polar surface area (TPSA) is 118 Å². The van der Waals surface area contributed by atoms with Crippen LogP contribution in [0.5, 0.6) is 11.5 Å². The largest absolute Gasteiger partial charge is 0.497 e. The Bertz CT molecular complexity index is 999. The van der Waals surface area contributed by atoms with Gasteiger partial charge in [-0.15, -0.1) is 0 Å². The molecule has 1 aromatic heterocycles. The molecule has 0 aliphatic rings. The van der Waals surface area contributed by atoms with Crippen molar-refractivity contribution in [3.05, 3.63) is 46.3 Å². The number of benzene rings is 1. The summed E-state index contributed by atoms with van der Waals surface area (Å²) in [6, 6.07) is 6.21. The third-order valence-corrected chi connectivity index (χ3v) is 4.43. The highest BCUT2D eigenvalue weighted by molar-refractivity contribution is 6.21. The number of hydrogen-bond acceptors (Lipinski definition) is 7. The fourth-order valence-electron chi connectivity index (χ4n) is 3.09. The molecule has 0 aliphatic carbocycles. The second kappa shape index (κ2) is 9.06. The van der Waals surface area contributed by atoms with Crippen molar-refractivity contribution < 1.29 is 28.6 Å². The van der Waals surface area contributed by atoms with E-state index in [0.29, 0.717) is 17.1 Å². The van der Waals surface area contributed by atoms with Crippen LogP contribution < -0.4 is 9.47 Å². The zero-order chi connectivity index (χ0) is 21.7. The van der Waals surface area contributed by atoms with E-state index in [1.165, 1.54) is 32.4 Å². The number of carbonyl (C=O) groups is 3. The normalized spacial score (nSPS) is 11.3. The number of aromatic nitrogens is 1. The van der Waals surface area contributed by atoms with Crippen molar-refractivity contribution in [2.45, 2.75) is 20.8 Å². The lowest BCUT2D eigenvalue weighted by atomic mass is 9.89. The van der Waals surface area contributed by atoms with E-state index >= 15 is 0 Å². The van der Waals surface area contributed by atoms with Crippen molar-refractivity contribution in [2.75, 3.05) is 20.8 Å². The molecular formula is C21H22N2O6. The summed E-state index contributed by atoms with van der Waals surface area (Å²) >= 11 is 0. The molecular weight excluding hydrogens is 376 g/mol. The van der Waals surface area contributed by atoms with Gasteiger partial charge in [0.2, 0.25) is 0 Å². The van der Waals surface area contributed by atoms with Gasteiger partial charge in [-0.3, -0.25) is 9.59 Å². The van der Waals surface area contributed by atoms with E-state index in [2.05, 4.69) is 4.98 Å². The maximum absolute atomic E-state index is 13.1. The zero-order valence-electron chi connectivity index (χ0n) is 16.9. The van der Waals surface area contributed by atoms with E-state index in [4.69, 9.17) is 14.2 Å². The maximum Gasteiger partial charge on any atom is 0.340 e.